The van der Waals surface area contributed by atoms with Gasteiger partial charge in [0.2, 0.25) is 0 Å². The van der Waals surface area contributed by atoms with Crippen LogP contribution in [0.15, 0.2) is 18.2 Å². The number of benzene rings is 1. The van der Waals surface area contributed by atoms with E-state index in [2.05, 4.69) is 9.80 Å². The van der Waals surface area contributed by atoms with Crippen LogP contribution in [-0.2, 0) is 14.3 Å². The molecule has 3 rings (SSSR count). The quantitative estimate of drug-likeness (QED) is 0.551. The van der Waals surface area contributed by atoms with E-state index in [1.54, 1.807) is 0 Å². The molecular weight excluding hydrogens is 378 g/mol. The van der Waals surface area contributed by atoms with Crippen molar-refractivity contribution in [2.75, 3.05) is 56.6 Å². The molecule has 156 valence electrons. The first-order valence-electron chi connectivity index (χ1n) is 10.3. The van der Waals surface area contributed by atoms with Crippen LogP contribution in [0.25, 0.3) is 0 Å². The Labute approximate surface area is 172 Å². The third kappa shape index (κ3) is 6.00. The highest BCUT2D eigenvalue weighted by molar-refractivity contribution is 6.33. The second kappa shape index (κ2) is 10.3. The van der Waals surface area contributed by atoms with E-state index in [1.807, 2.05) is 25.1 Å². The molecule has 1 aromatic carbocycles. The highest BCUT2D eigenvalue weighted by atomic mass is 35.5. The molecule has 2 N–H and O–H groups in total. The standard InChI is InChI=1S/C21H32ClN3O3/c1-2-27-21(26)14-24-9-7-18(8-10-24)28-15-16-5-11-25(12-6-16)20-4-3-17(23)13-19(20)22/h3-4,13,16,18H,2,5-12,14-15,23H2,1H3. The van der Waals surface area contributed by atoms with E-state index in [-0.39, 0.29) is 5.97 Å². The second-order valence-corrected chi connectivity index (χ2v) is 8.16. The lowest BCUT2D eigenvalue weighted by Gasteiger charge is -2.36. The van der Waals surface area contributed by atoms with E-state index in [1.165, 1.54) is 0 Å². The number of carbonyl (C=O) groups is 1. The van der Waals surface area contributed by atoms with Crippen LogP contribution >= 0.6 is 11.6 Å². The number of carbonyl (C=O) groups excluding carboxylic acids is 1. The molecule has 2 saturated heterocycles. The molecule has 2 aliphatic heterocycles. The number of rotatable bonds is 7. The minimum absolute atomic E-state index is 0.130. The Morgan fingerprint density at radius 3 is 2.54 bits per heavy atom. The maximum absolute atomic E-state index is 11.6. The Kier molecular flexibility index (Phi) is 7.82. The van der Waals surface area contributed by atoms with Crippen LogP contribution in [0.5, 0.6) is 0 Å². The molecule has 6 nitrogen and oxygen atoms in total. The molecule has 2 fully saturated rings. The van der Waals surface area contributed by atoms with Crippen LogP contribution in [0.1, 0.15) is 32.6 Å². The molecule has 0 spiro atoms. The van der Waals surface area contributed by atoms with Crippen molar-refractivity contribution >= 4 is 28.9 Å². The summed E-state index contributed by atoms with van der Waals surface area (Å²) in [6, 6.07) is 5.74. The number of nitrogens with zero attached hydrogens (tertiary/aromatic N) is 2. The molecule has 28 heavy (non-hydrogen) atoms. The SMILES string of the molecule is CCOC(=O)CN1CCC(OCC2CCN(c3ccc(N)cc3Cl)CC2)CC1. The molecule has 0 aromatic heterocycles. The van der Waals surface area contributed by atoms with Gasteiger partial charge in [0.05, 0.1) is 30.0 Å². The van der Waals surface area contributed by atoms with E-state index in [0.717, 1.165) is 69.2 Å². The molecule has 0 saturated carbocycles. The van der Waals surface area contributed by atoms with Crippen molar-refractivity contribution in [1.82, 2.24) is 4.90 Å². The van der Waals surface area contributed by atoms with Gasteiger partial charge in [-0.25, -0.2) is 0 Å². The van der Waals surface area contributed by atoms with Crippen LogP contribution in [0.2, 0.25) is 5.02 Å². The van der Waals surface area contributed by atoms with Gasteiger partial charge in [0, 0.05) is 38.5 Å². The molecule has 0 amide bonds. The monoisotopic (exact) mass is 409 g/mol. The third-order valence-corrected chi connectivity index (χ3v) is 5.99. The van der Waals surface area contributed by atoms with Gasteiger partial charge >= 0.3 is 5.97 Å². The van der Waals surface area contributed by atoms with E-state index < -0.39 is 0 Å². The first-order valence-corrected chi connectivity index (χ1v) is 10.7. The maximum atomic E-state index is 11.6. The number of nitrogens with two attached hydrogens (primary N) is 1. The van der Waals surface area contributed by atoms with Crippen molar-refractivity contribution in [2.24, 2.45) is 5.92 Å². The number of piperidine rings is 2. The summed E-state index contributed by atoms with van der Waals surface area (Å²) in [7, 11) is 0. The molecule has 0 bridgehead atoms. The van der Waals surface area contributed by atoms with Crippen molar-refractivity contribution in [1.29, 1.82) is 0 Å². The largest absolute Gasteiger partial charge is 0.465 e. The van der Waals surface area contributed by atoms with Gasteiger partial charge < -0.3 is 20.1 Å². The van der Waals surface area contributed by atoms with E-state index >= 15 is 0 Å². The van der Waals surface area contributed by atoms with Crippen molar-refractivity contribution in [3.63, 3.8) is 0 Å². The topological polar surface area (TPSA) is 68.0 Å². The Morgan fingerprint density at radius 1 is 1.18 bits per heavy atom. The first kappa shape index (κ1) is 21.2. The average Bonchev–Trinajstić information content (AvgIpc) is 2.68. The zero-order chi connectivity index (χ0) is 19.9. The predicted octanol–water partition coefficient (Wildman–Crippen LogP) is 3.18. The normalized spacial score (nSPS) is 19.7. The fourth-order valence-electron chi connectivity index (χ4n) is 4.02. The Balaban J connectivity index is 1.34. The van der Waals surface area contributed by atoms with Gasteiger partial charge in [-0.2, -0.15) is 0 Å². The number of nitrogen functional groups attached to an aromatic ring is 1. The van der Waals surface area contributed by atoms with Gasteiger partial charge in [-0.1, -0.05) is 11.6 Å². The number of ether oxygens (including phenoxy) is 2. The number of halogens is 1. The summed E-state index contributed by atoms with van der Waals surface area (Å²) in [5.41, 5.74) is 7.56. The zero-order valence-electron chi connectivity index (χ0n) is 16.7. The summed E-state index contributed by atoms with van der Waals surface area (Å²) in [6.07, 6.45) is 4.51. The molecule has 0 atom stereocenters. The molecule has 0 aliphatic carbocycles. The van der Waals surface area contributed by atoms with Crippen LogP contribution in [0.3, 0.4) is 0 Å². The summed E-state index contributed by atoms with van der Waals surface area (Å²) in [5, 5.41) is 0.726. The zero-order valence-corrected chi connectivity index (χ0v) is 17.5. The van der Waals surface area contributed by atoms with Gasteiger partial charge in [-0.05, 0) is 56.7 Å². The van der Waals surface area contributed by atoms with Crippen molar-refractivity contribution in [3.05, 3.63) is 23.2 Å². The molecule has 7 heteroatoms. The van der Waals surface area contributed by atoms with Gasteiger partial charge in [-0.3, -0.25) is 9.69 Å². The molecule has 2 aliphatic rings. The predicted molar refractivity (Wildman–Crippen MR) is 113 cm³/mol. The smallest absolute Gasteiger partial charge is 0.320 e. The Morgan fingerprint density at radius 2 is 1.89 bits per heavy atom. The number of hydrogen-bond donors (Lipinski definition) is 1. The summed E-state index contributed by atoms with van der Waals surface area (Å²) < 4.78 is 11.2. The summed E-state index contributed by atoms with van der Waals surface area (Å²) in [5.74, 6) is 0.469. The maximum Gasteiger partial charge on any atom is 0.320 e. The molecular formula is C21H32ClN3O3. The van der Waals surface area contributed by atoms with Gasteiger partial charge in [0.15, 0.2) is 0 Å². The number of hydrogen-bond acceptors (Lipinski definition) is 6. The van der Waals surface area contributed by atoms with Gasteiger partial charge in [-0.15, -0.1) is 0 Å². The summed E-state index contributed by atoms with van der Waals surface area (Å²) >= 11 is 6.34. The fraction of sp³-hybridized carbons (Fsp3) is 0.667. The second-order valence-electron chi connectivity index (χ2n) is 7.76. The molecule has 0 unspecified atom stereocenters. The fourth-order valence-corrected chi connectivity index (χ4v) is 4.32. The van der Waals surface area contributed by atoms with Crippen LogP contribution in [-0.4, -0.2) is 62.9 Å². The molecule has 2 heterocycles. The van der Waals surface area contributed by atoms with Crippen LogP contribution < -0.4 is 10.6 Å². The minimum Gasteiger partial charge on any atom is -0.465 e. The van der Waals surface area contributed by atoms with E-state index in [9.17, 15) is 4.79 Å². The lowest BCUT2D eigenvalue weighted by atomic mass is 9.97. The van der Waals surface area contributed by atoms with E-state index in [0.29, 0.717) is 30.9 Å². The van der Waals surface area contributed by atoms with Crippen LogP contribution in [0.4, 0.5) is 11.4 Å². The first-order chi connectivity index (χ1) is 13.5. The van der Waals surface area contributed by atoms with Crippen molar-refractivity contribution in [2.45, 2.75) is 38.7 Å². The number of anilines is 2. The lowest BCUT2D eigenvalue weighted by Crippen LogP contribution is -2.41. The highest BCUT2D eigenvalue weighted by Gasteiger charge is 2.25. The van der Waals surface area contributed by atoms with Crippen LogP contribution in [0, 0.1) is 5.92 Å². The average molecular weight is 410 g/mol. The van der Waals surface area contributed by atoms with Gasteiger partial charge in [0.1, 0.15) is 0 Å². The highest BCUT2D eigenvalue weighted by Crippen LogP contribution is 2.31. The summed E-state index contributed by atoms with van der Waals surface area (Å²) in [6.45, 7) is 7.30. The van der Waals surface area contributed by atoms with Crippen molar-refractivity contribution in [3.8, 4) is 0 Å². The third-order valence-electron chi connectivity index (χ3n) is 5.69. The Bertz CT molecular complexity index is 642. The molecule has 1 aromatic rings. The molecule has 0 radical (unpaired) electrons. The number of esters is 1. The minimum atomic E-state index is -0.130. The lowest BCUT2D eigenvalue weighted by molar-refractivity contribution is -0.145. The summed E-state index contributed by atoms with van der Waals surface area (Å²) in [4.78, 5) is 16.1. The number of likely N-dealkylation sites (tertiary alicyclic amines) is 1. The van der Waals surface area contributed by atoms with E-state index in [4.69, 9.17) is 26.8 Å². The van der Waals surface area contributed by atoms with Gasteiger partial charge in [0.25, 0.3) is 0 Å². The van der Waals surface area contributed by atoms with Crippen molar-refractivity contribution < 1.29 is 14.3 Å². The Hall–Kier alpha value is -1.50.